The maximum atomic E-state index is 12.8. The summed E-state index contributed by atoms with van der Waals surface area (Å²) in [5.74, 6) is 0.380. The van der Waals surface area contributed by atoms with Crippen LogP contribution in [0.25, 0.3) is 22.3 Å². The Morgan fingerprint density at radius 3 is 2.62 bits per heavy atom. The first-order valence-electron chi connectivity index (χ1n) is 5.49. The summed E-state index contributed by atoms with van der Waals surface area (Å²) < 4.78 is 26.1. The zero-order valence-electron chi connectivity index (χ0n) is 9.41. The summed E-state index contributed by atoms with van der Waals surface area (Å²) in [6.45, 7) is 0. The largest absolute Gasteiger partial charge is 0.456 e. The molecule has 0 unspecified atom stereocenters. The van der Waals surface area contributed by atoms with Gasteiger partial charge in [0.05, 0.1) is 1.37 Å². The Labute approximate surface area is 93.5 Å². The third kappa shape index (κ3) is 1.48. The molecule has 0 radical (unpaired) electrons. The minimum Gasteiger partial charge on any atom is -0.456 e. The van der Waals surface area contributed by atoms with E-state index in [1.54, 1.807) is 18.2 Å². The van der Waals surface area contributed by atoms with Crippen molar-refractivity contribution in [1.82, 2.24) is 0 Å². The molecule has 0 N–H and O–H groups in total. The molecule has 2 aromatic carbocycles. The van der Waals surface area contributed by atoms with Gasteiger partial charge in [0.2, 0.25) is 0 Å². The summed E-state index contributed by atoms with van der Waals surface area (Å²) >= 11 is 0. The average molecular weight is 213 g/mol. The van der Waals surface area contributed by atoms with Gasteiger partial charge in [-0.2, -0.15) is 0 Å². The van der Waals surface area contributed by atoms with Crippen LogP contribution < -0.4 is 0 Å². The maximum absolute atomic E-state index is 12.8. The van der Waals surface area contributed by atoms with Crippen molar-refractivity contribution in [3.8, 4) is 11.3 Å². The molecular weight excluding hydrogens is 203 g/mol. The number of halogens is 1. The normalized spacial score (nSPS) is 11.7. The van der Waals surface area contributed by atoms with E-state index in [1.165, 1.54) is 12.1 Å². The first-order chi connectivity index (χ1) is 8.24. The van der Waals surface area contributed by atoms with Gasteiger partial charge in [-0.1, -0.05) is 18.2 Å². The quantitative estimate of drug-likeness (QED) is 0.589. The molecule has 3 rings (SSSR count). The number of fused-ring (bicyclic) bond motifs is 1. The van der Waals surface area contributed by atoms with Gasteiger partial charge in [-0.3, -0.25) is 0 Å². The van der Waals surface area contributed by atoms with Gasteiger partial charge in [-0.15, -0.1) is 0 Å². The molecule has 0 aliphatic heterocycles. The molecular formula is C14H9FO. The van der Waals surface area contributed by atoms with E-state index in [2.05, 4.69) is 0 Å². The Hall–Kier alpha value is -2.09. The highest BCUT2D eigenvalue weighted by atomic mass is 19.1. The molecule has 0 fully saturated rings. The molecule has 0 atom stereocenters. The van der Waals surface area contributed by atoms with Crippen molar-refractivity contribution >= 4 is 11.0 Å². The van der Waals surface area contributed by atoms with Gasteiger partial charge < -0.3 is 4.42 Å². The van der Waals surface area contributed by atoms with E-state index >= 15 is 0 Å². The van der Waals surface area contributed by atoms with Gasteiger partial charge in [0.15, 0.2) is 0 Å². The van der Waals surface area contributed by atoms with E-state index in [0.29, 0.717) is 17.4 Å². The van der Waals surface area contributed by atoms with Crippen LogP contribution in [0, 0.1) is 5.82 Å². The number of hydrogen-bond donors (Lipinski definition) is 0. The fourth-order valence-corrected chi connectivity index (χ4v) is 1.67. The Bertz CT molecular complexity index is 670. The summed E-state index contributed by atoms with van der Waals surface area (Å²) in [6.07, 6.45) is 0. The molecule has 3 aromatic rings. The molecule has 0 aliphatic carbocycles. The zero-order chi connectivity index (χ0) is 11.8. The van der Waals surface area contributed by atoms with Crippen LogP contribution in [-0.2, 0) is 0 Å². The number of benzene rings is 2. The van der Waals surface area contributed by atoms with E-state index < -0.39 is 0 Å². The van der Waals surface area contributed by atoms with Crippen molar-refractivity contribution in [2.75, 3.05) is 0 Å². The minimum atomic E-state index is -0.272. The lowest BCUT2D eigenvalue weighted by atomic mass is 10.1. The average Bonchev–Trinajstić information content (AvgIpc) is 2.75. The van der Waals surface area contributed by atoms with Gasteiger partial charge in [-0.05, 0) is 36.4 Å². The van der Waals surface area contributed by atoms with Crippen LogP contribution in [0.15, 0.2) is 59.0 Å². The molecule has 78 valence electrons. The van der Waals surface area contributed by atoms with Crippen LogP contribution in [-0.4, -0.2) is 0 Å². The topological polar surface area (TPSA) is 13.1 Å². The predicted molar refractivity (Wildman–Crippen MR) is 61.6 cm³/mol. The Morgan fingerprint density at radius 2 is 1.88 bits per heavy atom. The molecule has 16 heavy (non-hydrogen) atoms. The standard InChI is InChI=1S/C14H9FO/c15-12-7-5-10(6-8-12)14-9-11-3-1-2-4-13(11)16-14/h1-9H/i4D. The number of rotatable bonds is 1. The fraction of sp³-hybridized carbons (Fsp3) is 0. The second-order valence-electron chi connectivity index (χ2n) is 3.57. The molecule has 0 spiro atoms. The van der Waals surface area contributed by atoms with E-state index in [1.807, 2.05) is 18.2 Å². The van der Waals surface area contributed by atoms with Gasteiger partial charge >= 0.3 is 0 Å². The highest BCUT2D eigenvalue weighted by molar-refractivity contribution is 5.82. The second kappa shape index (κ2) is 3.49. The maximum Gasteiger partial charge on any atom is 0.135 e. The third-order valence-electron chi connectivity index (χ3n) is 2.48. The number of hydrogen-bond acceptors (Lipinski definition) is 1. The van der Waals surface area contributed by atoms with E-state index in [9.17, 15) is 4.39 Å². The molecule has 0 saturated carbocycles. The second-order valence-corrected chi connectivity index (χ2v) is 3.57. The zero-order valence-corrected chi connectivity index (χ0v) is 8.41. The van der Waals surface area contributed by atoms with E-state index in [0.717, 1.165) is 10.9 Å². The third-order valence-corrected chi connectivity index (χ3v) is 2.48. The minimum absolute atomic E-state index is 0.272. The summed E-state index contributed by atoms with van der Waals surface area (Å²) in [6, 6.07) is 13.7. The molecule has 0 amide bonds. The van der Waals surface area contributed by atoms with Crippen LogP contribution >= 0.6 is 0 Å². The SMILES string of the molecule is [2H]c1cccc2cc(-c3ccc(F)cc3)oc12. The summed E-state index contributed by atoms with van der Waals surface area (Å²) in [7, 11) is 0. The van der Waals surface area contributed by atoms with Gasteiger partial charge in [-0.25, -0.2) is 4.39 Å². The van der Waals surface area contributed by atoms with Gasteiger partial charge in [0.25, 0.3) is 0 Å². The van der Waals surface area contributed by atoms with Gasteiger partial charge in [0, 0.05) is 10.9 Å². The van der Waals surface area contributed by atoms with Crippen molar-refractivity contribution in [3.05, 3.63) is 60.4 Å². The summed E-state index contributed by atoms with van der Waals surface area (Å²) in [5, 5.41) is 0.886. The first kappa shape index (κ1) is 8.11. The lowest BCUT2D eigenvalue weighted by Crippen LogP contribution is -1.74. The molecule has 0 aliphatic rings. The molecule has 1 heterocycles. The highest BCUT2D eigenvalue weighted by Crippen LogP contribution is 2.27. The number of para-hydroxylation sites is 1. The van der Waals surface area contributed by atoms with Crippen LogP contribution in [0.1, 0.15) is 1.37 Å². The van der Waals surface area contributed by atoms with Crippen LogP contribution in [0.5, 0.6) is 0 Å². The van der Waals surface area contributed by atoms with E-state index in [-0.39, 0.29) is 5.82 Å². The lowest BCUT2D eigenvalue weighted by molar-refractivity contribution is 0.623. The molecule has 0 saturated heterocycles. The van der Waals surface area contributed by atoms with Crippen molar-refractivity contribution < 1.29 is 10.2 Å². The monoisotopic (exact) mass is 213 g/mol. The van der Waals surface area contributed by atoms with Crippen molar-refractivity contribution in [2.24, 2.45) is 0 Å². The molecule has 2 heteroatoms. The Kier molecular flexibility index (Phi) is 1.77. The lowest BCUT2D eigenvalue weighted by Gasteiger charge is -1.94. The Morgan fingerprint density at radius 1 is 1.06 bits per heavy atom. The van der Waals surface area contributed by atoms with E-state index in [4.69, 9.17) is 5.79 Å². The molecule has 0 bridgehead atoms. The summed E-state index contributed by atoms with van der Waals surface area (Å²) in [4.78, 5) is 0. The smallest absolute Gasteiger partial charge is 0.135 e. The van der Waals surface area contributed by atoms with Crippen molar-refractivity contribution in [3.63, 3.8) is 0 Å². The first-order valence-corrected chi connectivity index (χ1v) is 4.99. The molecule has 1 nitrogen and oxygen atoms in total. The number of furan rings is 1. The van der Waals surface area contributed by atoms with Crippen LogP contribution in [0.2, 0.25) is 0 Å². The highest BCUT2D eigenvalue weighted by Gasteiger charge is 2.05. The van der Waals surface area contributed by atoms with Crippen LogP contribution in [0.4, 0.5) is 4.39 Å². The van der Waals surface area contributed by atoms with Crippen molar-refractivity contribution in [2.45, 2.75) is 0 Å². The summed E-state index contributed by atoms with van der Waals surface area (Å²) in [5.41, 5.74) is 1.37. The Balaban J connectivity index is 2.18. The predicted octanol–water partition coefficient (Wildman–Crippen LogP) is 4.24. The molecule has 1 aromatic heterocycles. The van der Waals surface area contributed by atoms with Crippen LogP contribution in [0.3, 0.4) is 0 Å². The van der Waals surface area contributed by atoms with Gasteiger partial charge in [0.1, 0.15) is 17.2 Å². The fourth-order valence-electron chi connectivity index (χ4n) is 1.67. The van der Waals surface area contributed by atoms with Crippen molar-refractivity contribution in [1.29, 1.82) is 0 Å².